The molecular weight excluding hydrogens is 262 g/mol. The summed E-state index contributed by atoms with van der Waals surface area (Å²) in [5.74, 6) is 1.70. The fourth-order valence-electron chi connectivity index (χ4n) is 2.90. The molecule has 1 fully saturated rings. The van der Waals surface area contributed by atoms with Gasteiger partial charge in [0.1, 0.15) is 5.82 Å². The molecule has 1 aromatic rings. The van der Waals surface area contributed by atoms with Crippen molar-refractivity contribution in [1.29, 1.82) is 0 Å². The lowest BCUT2D eigenvalue weighted by Crippen LogP contribution is -2.44. The van der Waals surface area contributed by atoms with E-state index in [1.54, 1.807) is 0 Å². The third-order valence-corrected chi connectivity index (χ3v) is 4.49. The molecule has 1 aromatic heterocycles. The Morgan fingerprint density at radius 1 is 1.52 bits per heavy atom. The average molecular weight is 291 g/mol. The summed E-state index contributed by atoms with van der Waals surface area (Å²) in [5.41, 5.74) is 1.31. The SMILES string of the molecule is CCCNC(C)c1ccnc(N2CCC(C)C(OC)C2)c1. The van der Waals surface area contributed by atoms with Crippen molar-refractivity contribution >= 4 is 5.82 Å². The molecule has 3 atom stereocenters. The molecule has 0 saturated carbocycles. The Bertz CT molecular complexity index is 438. The summed E-state index contributed by atoms with van der Waals surface area (Å²) >= 11 is 0. The highest BCUT2D eigenvalue weighted by atomic mass is 16.5. The lowest BCUT2D eigenvalue weighted by molar-refractivity contribution is 0.0496. The predicted octanol–water partition coefficient (Wildman–Crippen LogP) is 3.00. The van der Waals surface area contributed by atoms with Crippen LogP contribution >= 0.6 is 0 Å². The van der Waals surface area contributed by atoms with Crippen molar-refractivity contribution in [1.82, 2.24) is 10.3 Å². The van der Waals surface area contributed by atoms with E-state index in [-0.39, 0.29) is 0 Å². The maximum atomic E-state index is 5.60. The minimum absolute atomic E-state index is 0.305. The van der Waals surface area contributed by atoms with Gasteiger partial charge in [0.25, 0.3) is 0 Å². The van der Waals surface area contributed by atoms with Crippen molar-refractivity contribution in [3.8, 4) is 0 Å². The molecule has 2 rings (SSSR count). The van der Waals surface area contributed by atoms with Gasteiger partial charge in [-0.15, -0.1) is 0 Å². The highest BCUT2D eigenvalue weighted by Gasteiger charge is 2.26. The molecule has 21 heavy (non-hydrogen) atoms. The van der Waals surface area contributed by atoms with Crippen LogP contribution in [0.1, 0.15) is 45.2 Å². The molecule has 0 radical (unpaired) electrons. The van der Waals surface area contributed by atoms with Crippen LogP contribution in [0.5, 0.6) is 0 Å². The monoisotopic (exact) mass is 291 g/mol. The molecule has 0 amide bonds. The lowest BCUT2D eigenvalue weighted by Gasteiger charge is -2.37. The van der Waals surface area contributed by atoms with E-state index in [9.17, 15) is 0 Å². The van der Waals surface area contributed by atoms with Gasteiger partial charge in [0.05, 0.1) is 6.10 Å². The second-order valence-electron chi connectivity index (χ2n) is 6.11. The van der Waals surface area contributed by atoms with Gasteiger partial charge in [-0.25, -0.2) is 4.98 Å². The van der Waals surface area contributed by atoms with E-state index in [2.05, 4.69) is 48.1 Å². The van der Waals surface area contributed by atoms with Gasteiger partial charge in [0.2, 0.25) is 0 Å². The number of anilines is 1. The van der Waals surface area contributed by atoms with Crippen LogP contribution < -0.4 is 10.2 Å². The van der Waals surface area contributed by atoms with Crippen LogP contribution in [0, 0.1) is 5.92 Å². The summed E-state index contributed by atoms with van der Waals surface area (Å²) in [6.45, 7) is 9.72. The Balaban J connectivity index is 2.06. The molecule has 118 valence electrons. The number of pyridine rings is 1. The zero-order chi connectivity index (χ0) is 15.2. The Morgan fingerprint density at radius 2 is 2.33 bits per heavy atom. The predicted molar refractivity (Wildman–Crippen MR) is 87.7 cm³/mol. The van der Waals surface area contributed by atoms with E-state index in [4.69, 9.17) is 4.74 Å². The Kier molecular flexibility index (Phi) is 6.00. The van der Waals surface area contributed by atoms with Crippen LogP contribution in [0.2, 0.25) is 0 Å². The first kappa shape index (κ1) is 16.2. The largest absolute Gasteiger partial charge is 0.379 e. The number of piperidine rings is 1. The molecule has 0 aliphatic carbocycles. The maximum Gasteiger partial charge on any atom is 0.128 e. The molecule has 4 heteroatoms. The third kappa shape index (κ3) is 4.17. The van der Waals surface area contributed by atoms with Gasteiger partial charge in [0, 0.05) is 32.4 Å². The van der Waals surface area contributed by atoms with Crippen LogP contribution in [-0.4, -0.2) is 37.8 Å². The van der Waals surface area contributed by atoms with Crippen LogP contribution in [0.4, 0.5) is 5.82 Å². The van der Waals surface area contributed by atoms with Crippen molar-refractivity contribution < 1.29 is 4.74 Å². The molecule has 3 unspecified atom stereocenters. The van der Waals surface area contributed by atoms with E-state index < -0.39 is 0 Å². The standard InChI is InChI=1S/C17H29N3O/c1-5-8-18-14(3)15-6-9-19-17(11-15)20-10-7-13(2)16(12-20)21-4/h6,9,11,13-14,16,18H,5,7-8,10,12H2,1-4H3. The minimum atomic E-state index is 0.305. The highest BCUT2D eigenvalue weighted by molar-refractivity contribution is 5.42. The van der Waals surface area contributed by atoms with E-state index in [1.165, 1.54) is 5.56 Å². The smallest absolute Gasteiger partial charge is 0.128 e. The average Bonchev–Trinajstić information content (AvgIpc) is 2.53. The van der Waals surface area contributed by atoms with Gasteiger partial charge in [-0.2, -0.15) is 0 Å². The highest BCUT2D eigenvalue weighted by Crippen LogP contribution is 2.25. The van der Waals surface area contributed by atoms with Crippen LogP contribution in [0.15, 0.2) is 18.3 Å². The number of hydrogen-bond donors (Lipinski definition) is 1. The minimum Gasteiger partial charge on any atom is -0.379 e. The second-order valence-corrected chi connectivity index (χ2v) is 6.11. The van der Waals surface area contributed by atoms with Gasteiger partial charge >= 0.3 is 0 Å². The van der Waals surface area contributed by atoms with Crippen LogP contribution in [0.3, 0.4) is 0 Å². The Hall–Kier alpha value is -1.13. The Morgan fingerprint density at radius 3 is 3.05 bits per heavy atom. The number of aromatic nitrogens is 1. The summed E-state index contributed by atoms with van der Waals surface area (Å²) < 4.78 is 5.60. The van der Waals surface area contributed by atoms with Gasteiger partial charge < -0.3 is 15.0 Å². The molecule has 1 aliphatic rings. The van der Waals surface area contributed by atoms with Gasteiger partial charge in [-0.3, -0.25) is 0 Å². The summed E-state index contributed by atoms with van der Waals surface area (Å²) in [5, 5.41) is 3.53. The first-order valence-electron chi connectivity index (χ1n) is 8.12. The molecule has 2 heterocycles. The zero-order valence-corrected chi connectivity index (χ0v) is 13.8. The molecule has 1 N–H and O–H groups in total. The lowest BCUT2D eigenvalue weighted by atomic mass is 9.95. The number of rotatable bonds is 6. The van der Waals surface area contributed by atoms with Crippen molar-refractivity contribution in [3.63, 3.8) is 0 Å². The van der Waals surface area contributed by atoms with Gasteiger partial charge in [-0.05, 0) is 49.9 Å². The van der Waals surface area contributed by atoms with E-state index in [0.717, 1.165) is 38.3 Å². The van der Waals surface area contributed by atoms with E-state index >= 15 is 0 Å². The normalized spacial score (nSPS) is 24.1. The molecule has 0 bridgehead atoms. The quantitative estimate of drug-likeness (QED) is 0.874. The van der Waals surface area contributed by atoms with Gasteiger partial charge in [-0.1, -0.05) is 13.8 Å². The van der Waals surface area contributed by atoms with Crippen molar-refractivity contribution in [2.24, 2.45) is 5.92 Å². The van der Waals surface area contributed by atoms with Gasteiger partial charge in [0.15, 0.2) is 0 Å². The number of hydrogen-bond acceptors (Lipinski definition) is 4. The fraction of sp³-hybridized carbons (Fsp3) is 0.706. The second kappa shape index (κ2) is 7.76. The number of nitrogens with zero attached hydrogens (tertiary/aromatic N) is 2. The van der Waals surface area contributed by atoms with Crippen LogP contribution in [0.25, 0.3) is 0 Å². The maximum absolute atomic E-state index is 5.60. The number of ether oxygens (including phenoxy) is 1. The third-order valence-electron chi connectivity index (χ3n) is 4.49. The van der Waals surface area contributed by atoms with Crippen LogP contribution in [-0.2, 0) is 4.74 Å². The van der Waals surface area contributed by atoms with Crippen molar-refractivity contribution in [2.45, 2.75) is 45.8 Å². The molecule has 1 aliphatic heterocycles. The summed E-state index contributed by atoms with van der Waals surface area (Å²) in [6, 6.07) is 4.70. The van der Waals surface area contributed by atoms with E-state index in [0.29, 0.717) is 18.1 Å². The summed E-state index contributed by atoms with van der Waals surface area (Å²) in [6.07, 6.45) is 4.55. The van der Waals surface area contributed by atoms with Crippen molar-refractivity contribution in [3.05, 3.63) is 23.9 Å². The molecule has 0 aromatic carbocycles. The summed E-state index contributed by atoms with van der Waals surface area (Å²) in [7, 11) is 1.81. The Labute approximate surface area is 128 Å². The van der Waals surface area contributed by atoms with Crippen molar-refractivity contribution in [2.75, 3.05) is 31.6 Å². The first-order valence-corrected chi connectivity index (χ1v) is 8.12. The first-order chi connectivity index (χ1) is 10.2. The fourth-order valence-corrected chi connectivity index (χ4v) is 2.90. The molecular formula is C17H29N3O. The topological polar surface area (TPSA) is 37.4 Å². The molecule has 4 nitrogen and oxygen atoms in total. The zero-order valence-electron chi connectivity index (χ0n) is 13.8. The molecule has 0 spiro atoms. The number of nitrogens with one attached hydrogen (secondary N) is 1. The summed E-state index contributed by atoms with van der Waals surface area (Å²) in [4.78, 5) is 6.91. The number of methoxy groups -OCH3 is 1. The van der Waals surface area contributed by atoms with E-state index in [1.807, 2.05) is 13.3 Å². The molecule has 1 saturated heterocycles.